The molecule has 2 saturated carbocycles. The molecule has 0 radical (unpaired) electrons. The van der Waals surface area contributed by atoms with Crippen molar-refractivity contribution in [1.82, 2.24) is 5.32 Å². The van der Waals surface area contributed by atoms with Gasteiger partial charge in [-0.3, -0.25) is 19.2 Å². The number of hydrogen-bond acceptors (Lipinski definition) is 5. The van der Waals surface area contributed by atoms with E-state index in [1.54, 1.807) is 13.8 Å². The summed E-state index contributed by atoms with van der Waals surface area (Å²) in [6.45, 7) is 3.82. The average Bonchev–Trinajstić information content (AvgIpc) is 3.16. The van der Waals surface area contributed by atoms with E-state index in [1.165, 1.54) is 0 Å². The van der Waals surface area contributed by atoms with E-state index < -0.39 is 17.3 Å². The second-order valence-electron chi connectivity index (χ2n) is 8.18. The highest BCUT2D eigenvalue weighted by atomic mass is 16.5. The first-order chi connectivity index (χ1) is 13.3. The molecule has 7 nitrogen and oxygen atoms in total. The molecule has 1 atom stereocenters. The highest BCUT2D eigenvalue weighted by Gasteiger charge is 2.46. The monoisotopic (exact) mass is 395 g/mol. The zero-order chi connectivity index (χ0) is 20.7. The molecule has 0 heterocycles. The van der Waals surface area contributed by atoms with Gasteiger partial charge in [0.05, 0.1) is 17.9 Å². The van der Waals surface area contributed by atoms with Gasteiger partial charge in [-0.05, 0) is 51.9 Å². The van der Waals surface area contributed by atoms with Gasteiger partial charge < -0.3 is 15.2 Å². The van der Waals surface area contributed by atoms with Crippen LogP contribution in [0.15, 0.2) is 0 Å². The molecule has 2 N–H and O–H groups in total. The molecule has 0 aliphatic heterocycles. The quantitative estimate of drug-likeness (QED) is 0.459. The molecule has 2 fully saturated rings. The number of hydrogen-bond donors (Lipinski definition) is 2. The smallest absolute Gasteiger partial charge is 0.314 e. The number of aliphatic carboxylic acids is 1. The summed E-state index contributed by atoms with van der Waals surface area (Å²) in [5.74, 6) is -2.97. The number of carboxylic acids is 1. The van der Waals surface area contributed by atoms with Gasteiger partial charge in [0.1, 0.15) is 11.7 Å². The lowest BCUT2D eigenvalue weighted by Crippen LogP contribution is -2.47. The van der Waals surface area contributed by atoms with E-state index in [2.05, 4.69) is 5.32 Å². The first-order valence-electron chi connectivity index (χ1n) is 10.6. The Morgan fingerprint density at radius 1 is 1.07 bits per heavy atom. The molecule has 0 aromatic carbocycles. The van der Waals surface area contributed by atoms with Gasteiger partial charge in [0, 0.05) is 12.5 Å². The van der Waals surface area contributed by atoms with Crippen LogP contribution in [0.3, 0.4) is 0 Å². The standard InChI is InChI=1S/C21H33NO6/c1-3-17(23)16(18(24)25)13-21(11-5-6-12-21)20(27)22-15-9-7-14(8-10-15)19(26)28-4-2/h14-16H,3-13H2,1-2H3,(H,22,27)(H,24,25). The third-order valence-corrected chi connectivity index (χ3v) is 6.35. The largest absolute Gasteiger partial charge is 0.481 e. The second-order valence-corrected chi connectivity index (χ2v) is 8.18. The summed E-state index contributed by atoms with van der Waals surface area (Å²) < 4.78 is 5.08. The maximum absolute atomic E-state index is 13.1. The Hall–Kier alpha value is -1.92. The maximum atomic E-state index is 13.1. The van der Waals surface area contributed by atoms with Crippen LogP contribution in [-0.4, -0.2) is 41.4 Å². The van der Waals surface area contributed by atoms with Gasteiger partial charge in [0.25, 0.3) is 0 Å². The number of Topliss-reactive ketones (excluding diaryl/α,β-unsaturated/α-hetero) is 1. The first-order valence-corrected chi connectivity index (χ1v) is 10.6. The van der Waals surface area contributed by atoms with Gasteiger partial charge in [0.2, 0.25) is 5.91 Å². The van der Waals surface area contributed by atoms with Crippen molar-refractivity contribution in [2.75, 3.05) is 6.61 Å². The molecule has 2 aliphatic carbocycles. The van der Waals surface area contributed by atoms with E-state index in [0.717, 1.165) is 12.8 Å². The lowest BCUT2D eigenvalue weighted by atomic mass is 9.75. The van der Waals surface area contributed by atoms with E-state index in [1.807, 2.05) is 0 Å². The molecule has 0 aromatic rings. The normalized spacial score (nSPS) is 24.9. The highest BCUT2D eigenvalue weighted by Crippen LogP contribution is 2.44. The van der Waals surface area contributed by atoms with Gasteiger partial charge in [-0.25, -0.2) is 0 Å². The Balaban J connectivity index is 1.99. The summed E-state index contributed by atoms with van der Waals surface area (Å²) in [5.41, 5.74) is -0.772. The molecular formula is C21H33NO6. The SMILES string of the molecule is CCOC(=O)C1CCC(NC(=O)C2(CC(C(=O)O)C(=O)CC)CCCC2)CC1. The fourth-order valence-electron chi connectivity index (χ4n) is 4.62. The summed E-state index contributed by atoms with van der Waals surface area (Å²) in [7, 11) is 0. The number of nitrogens with one attached hydrogen (secondary N) is 1. The average molecular weight is 395 g/mol. The van der Waals surface area contributed by atoms with E-state index in [0.29, 0.717) is 45.1 Å². The van der Waals surface area contributed by atoms with Crippen LogP contribution in [-0.2, 0) is 23.9 Å². The van der Waals surface area contributed by atoms with Crippen LogP contribution in [0.2, 0.25) is 0 Å². The van der Waals surface area contributed by atoms with Gasteiger partial charge in [0.15, 0.2) is 0 Å². The first kappa shape index (κ1) is 22.4. The molecule has 7 heteroatoms. The van der Waals surface area contributed by atoms with Crippen LogP contribution in [0.5, 0.6) is 0 Å². The predicted octanol–water partition coefficient (Wildman–Crippen LogP) is 2.85. The van der Waals surface area contributed by atoms with Gasteiger partial charge in [-0.2, -0.15) is 0 Å². The highest BCUT2D eigenvalue weighted by molar-refractivity contribution is 5.99. The second kappa shape index (κ2) is 10.0. The Morgan fingerprint density at radius 2 is 1.68 bits per heavy atom. The van der Waals surface area contributed by atoms with Crippen molar-refractivity contribution < 1.29 is 29.0 Å². The van der Waals surface area contributed by atoms with Crippen molar-refractivity contribution in [1.29, 1.82) is 0 Å². The summed E-state index contributed by atoms with van der Waals surface area (Å²) in [6.07, 6.45) is 6.02. The molecule has 1 unspecified atom stereocenters. The number of carbonyl (C=O) groups is 4. The topological polar surface area (TPSA) is 110 Å². The number of rotatable bonds is 9. The summed E-state index contributed by atoms with van der Waals surface area (Å²) in [5, 5.41) is 12.6. The minimum Gasteiger partial charge on any atom is -0.481 e. The van der Waals surface area contributed by atoms with Crippen molar-refractivity contribution in [2.24, 2.45) is 17.3 Å². The number of ketones is 1. The predicted molar refractivity (Wildman–Crippen MR) is 102 cm³/mol. The van der Waals surface area contributed by atoms with Crippen molar-refractivity contribution in [3.8, 4) is 0 Å². The minimum absolute atomic E-state index is 0.0131. The third kappa shape index (κ3) is 5.32. The number of carbonyl (C=O) groups excluding carboxylic acids is 3. The van der Waals surface area contributed by atoms with Crippen molar-refractivity contribution >= 4 is 23.6 Å². The van der Waals surface area contributed by atoms with E-state index in [9.17, 15) is 24.3 Å². The molecule has 1 amide bonds. The van der Waals surface area contributed by atoms with Crippen LogP contribution >= 0.6 is 0 Å². The van der Waals surface area contributed by atoms with E-state index in [4.69, 9.17) is 4.74 Å². The van der Waals surface area contributed by atoms with Crippen LogP contribution < -0.4 is 5.32 Å². The van der Waals surface area contributed by atoms with E-state index in [-0.39, 0.29) is 42.5 Å². The van der Waals surface area contributed by atoms with Crippen LogP contribution in [0.1, 0.15) is 78.1 Å². The molecule has 0 aromatic heterocycles. The van der Waals surface area contributed by atoms with E-state index >= 15 is 0 Å². The third-order valence-electron chi connectivity index (χ3n) is 6.35. The fourth-order valence-corrected chi connectivity index (χ4v) is 4.62. The maximum Gasteiger partial charge on any atom is 0.314 e. The summed E-state index contributed by atoms with van der Waals surface area (Å²) in [4.78, 5) is 48.7. The van der Waals surface area contributed by atoms with Gasteiger partial charge >= 0.3 is 11.9 Å². The molecule has 0 bridgehead atoms. The molecule has 158 valence electrons. The zero-order valence-corrected chi connectivity index (χ0v) is 17.0. The zero-order valence-electron chi connectivity index (χ0n) is 17.0. The summed E-state index contributed by atoms with van der Waals surface area (Å²) in [6, 6.07) is -0.0131. The molecular weight excluding hydrogens is 362 g/mol. The fraction of sp³-hybridized carbons (Fsp3) is 0.810. The molecule has 0 saturated heterocycles. The van der Waals surface area contributed by atoms with Crippen molar-refractivity contribution in [3.63, 3.8) is 0 Å². The van der Waals surface area contributed by atoms with Crippen LogP contribution in [0, 0.1) is 17.3 Å². The molecule has 2 aliphatic rings. The van der Waals surface area contributed by atoms with Crippen LogP contribution in [0.25, 0.3) is 0 Å². The Bertz CT molecular complexity index is 588. The molecule has 28 heavy (non-hydrogen) atoms. The summed E-state index contributed by atoms with van der Waals surface area (Å²) >= 11 is 0. The van der Waals surface area contributed by atoms with Crippen molar-refractivity contribution in [2.45, 2.75) is 84.1 Å². The Morgan fingerprint density at radius 3 is 2.18 bits per heavy atom. The number of amides is 1. The molecule has 0 spiro atoms. The number of carboxylic acid groups (broad SMARTS) is 1. The Labute approximate surface area is 166 Å². The lowest BCUT2D eigenvalue weighted by Gasteiger charge is -2.34. The lowest BCUT2D eigenvalue weighted by molar-refractivity contribution is -0.149. The number of esters is 1. The Kier molecular flexibility index (Phi) is 8.01. The van der Waals surface area contributed by atoms with Gasteiger partial charge in [-0.15, -0.1) is 0 Å². The molecule has 2 rings (SSSR count). The van der Waals surface area contributed by atoms with Gasteiger partial charge in [-0.1, -0.05) is 19.8 Å². The number of ether oxygens (including phenoxy) is 1. The van der Waals surface area contributed by atoms with Crippen molar-refractivity contribution in [3.05, 3.63) is 0 Å². The minimum atomic E-state index is -1.14. The van der Waals surface area contributed by atoms with Crippen LogP contribution in [0.4, 0.5) is 0 Å².